The Labute approximate surface area is 105 Å². The highest BCUT2D eigenvalue weighted by molar-refractivity contribution is 7.09. The van der Waals surface area contributed by atoms with E-state index < -0.39 is 0 Å². The van der Waals surface area contributed by atoms with Gasteiger partial charge in [-0.3, -0.25) is 0 Å². The molecule has 0 amide bonds. The van der Waals surface area contributed by atoms with E-state index in [4.69, 9.17) is 10.2 Å². The van der Waals surface area contributed by atoms with E-state index in [0.29, 0.717) is 18.6 Å². The molecule has 2 aromatic heterocycles. The number of hydrogen-bond acceptors (Lipinski definition) is 5. The summed E-state index contributed by atoms with van der Waals surface area (Å²) in [6.07, 6.45) is 2.61. The van der Waals surface area contributed by atoms with Gasteiger partial charge in [-0.1, -0.05) is 6.07 Å². The standard InChI is InChI=1S/C12H17N3OS/c1-9(6-11-4-3-5-17-11)15(2)12-14-10(7-13)8-16-12/h3-5,8-9H,6-7,13H2,1-2H3. The van der Waals surface area contributed by atoms with Crippen LogP contribution in [0.25, 0.3) is 0 Å². The monoisotopic (exact) mass is 251 g/mol. The summed E-state index contributed by atoms with van der Waals surface area (Å²) in [4.78, 5) is 7.73. The zero-order valence-corrected chi connectivity index (χ0v) is 10.9. The van der Waals surface area contributed by atoms with Gasteiger partial charge in [0.15, 0.2) is 0 Å². The number of oxazole rings is 1. The molecule has 5 heteroatoms. The van der Waals surface area contributed by atoms with Crippen molar-refractivity contribution in [3.63, 3.8) is 0 Å². The first-order valence-corrected chi connectivity index (χ1v) is 6.48. The SMILES string of the molecule is CC(Cc1cccs1)N(C)c1nc(CN)co1. The van der Waals surface area contributed by atoms with Crippen molar-refractivity contribution in [3.8, 4) is 0 Å². The van der Waals surface area contributed by atoms with Crippen LogP contribution in [0, 0.1) is 0 Å². The summed E-state index contributed by atoms with van der Waals surface area (Å²) >= 11 is 1.78. The second-order valence-electron chi connectivity index (χ2n) is 4.07. The summed E-state index contributed by atoms with van der Waals surface area (Å²) in [5.41, 5.74) is 6.30. The Kier molecular flexibility index (Phi) is 3.81. The van der Waals surface area contributed by atoms with Gasteiger partial charge in [-0.05, 0) is 18.4 Å². The number of hydrogen-bond donors (Lipinski definition) is 1. The van der Waals surface area contributed by atoms with Crippen molar-refractivity contribution in [2.45, 2.75) is 25.9 Å². The first-order valence-electron chi connectivity index (χ1n) is 5.60. The molecule has 2 N–H and O–H groups in total. The third kappa shape index (κ3) is 2.87. The Bertz CT molecular complexity index is 452. The van der Waals surface area contributed by atoms with Crippen molar-refractivity contribution in [2.75, 3.05) is 11.9 Å². The highest BCUT2D eigenvalue weighted by Gasteiger charge is 2.15. The summed E-state index contributed by atoms with van der Waals surface area (Å²) in [5.74, 6) is 0. The van der Waals surface area contributed by atoms with E-state index in [2.05, 4.69) is 29.4 Å². The van der Waals surface area contributed by atoms with Gasteiger partial charge in [0.05, 0.1) is 5.69 Å². The summed E-state index contributed by atoms with van der Waals surface area (Å²) < 4.78 is 5.40. The first kappa shape index (κ1) is 12.1. The highest BCUT2D eigenvalue weighted by atomic mass is 32.1. The van der Waals surface area contributed by atoms with E-state index in [0.717, 1.165) is 12.1 Å². The van der Waals surface area contributed by atoms with Gasteiger partial charge in [0.25, 0.3) is 6.01 Å². The van der Waals surface area contributed by atoms with Crippen molar-refractivity contribution in [1.82, 2.24) is 4.98 Å². The van der Waals surface area contributed by atoms with E-state index in [1.807, 2.05) is 11.9 Å². The Hall–Kier alpha value is -1.33. The van der Waals surface area contributed by atoms with Crippen LogP contribution in [0.1, 0.15) is 17.5 Å². The lowest BCUT2D eigenvalue weighted by molar-refractivity contribution is 0.520. The molecule has 0 spiro atoms. The first-order chi connectivity index (χ1) is 8.20. The van der Waals surface area contributed by atoms with Gasteiger partial charge >= 0.3 is 0 Å². The Morgan fingerprint density at radius 2 is 2.41 bits per heavy atom. The molecule has 0 aliphatic heterocycles. The number of thiophene rings is 1. The fraction of sp³-hybridized carbons (Fsp3) is 0.417. The van der Waals surface area contributed by atoms with Crippen molar-refractivity contribution >= 4 is 17.4 Å². The summed E-state index contributed by atoms with van der Waals surface area (Å²) in [6, 6.07) is 5.20. The number of anilines is 1. The number of aromatic nitrogens is 1. The third-order valence-electron chi connectivity index (χ3n) is 2.79. The van der Waals surface area contributed by atoms with Crippen molar-refractivity contribution in [2.24, 2.45) is 5.73 Å². The molecule has 4 nitrogen and oxygen atoms in total. The molecule has 0 aliphatic carbocycles. The molecular formula is C12H17N3OS. The van der Waals surface area contributed by atoms with Crippen molar-refractivity contribution < 1.29 is 4.42 Å². The molecule has 0 saturated heterocycles. The van der Waals surface area contributed by atoms with E-state index in [9.17, 15) is 0 Å². The van der Waals surface area contributed by atoms with Gasteiger partial charge in [-0.2, -0.15) is 4.98 Å². The number of nitrogens with two attached hydrogens (primary N) is 1. The molecule has 0 saturated carbocycles. The van der Waals surface area contributed by atoms with Gasteiger partial charge in [0, 0.05) is 30.9 Å². The molecule has 92 valence electrons. The van der Waals surface area contributed by atoms with Crippen molar-refractivity contribution in [3.05, 3.63) is 34.3 Å². The molecule has 0 aromatic carbocycles. The van der Waals surface area contributed by atoms with Gasteiger partial charge in [0.1, 0.15) is 6.26 Å². The molecule has 1 atom stereocenters. The molecule has 2 aromatic rings. The summed E-state index contributed by atoms with van der Waals surface area (Å²) in [7, 11) is 1.99. The lowest BCUT2D eigenvalue weighted by Gasteiger charge is -2.22. The number of likely N-dealkylation sites (N-methyl/N-ethyl adjacent to an activating group) is 1. The van der Waals surface area contributed by atoms with Crippen LogP contribution in [0.15, 0.2) is 28.2 Å². The normalized spacial score (nSPS) is 12.6. The van der Waals surface area contributed by atoms with E-state index in [-0.39, 0.29) is 0 Å². The lowest BCUT2D eigenvalue weighted by Crippen LogP contribution is -2.30. The van der Waals surface area contributed by atoms with Gasteiger partial charge in [-0.25, -0.2) is 0 Å². The quantitative estimate of drug-likeness (QED) is 0.885. The van der Waals surface area contributed by atoms with Gasteiger partial charge < -0.3 is 15.1 Å². The Balaban J connectivity index is 2.01. The number of rotatable bonds is 5. The molecule has 0 aliphatic rings. The minimum absolute atomic E-state index is 0.345. The van der Waals surface area contributed by atoms with Crippen LogP contribution in [-0.4, -0.2) is 18.1 Å². The maximum absolute atomic E-state index is 5.51. The molecular weight excluding hydrogens is 234 g/mol. The molecule has 0 fully saturated rings. The molecule has 1 unspecified atom stereocenters. The van der Waals surface area contributed by atoms with Crippen LogP contribution in [-0.2, 0) is 13.0 Å². The lowest BCUT2D eigenvalue weighted by atomic mass is 10.2. The number of nitrogens with zero attached hydrogens (tertiary/aromatic N) is 2. The van der Waals surface area contributed by atoms with Crippen molar-refractivity contribution in [1.29, 1.82) is 0 Å². The van der Waals surface area contributed by atoms with Crippen LogP contribution < -0.4 is 10.6 Å². The van der Waals surface area contributed by atoms with Crippen LogP contribution in [0.3, 0.4) is 0 Å². The smallest absolute Gasteiger partial charge is 0.297 e. The maximum atomic E-state index is 5.51. The molecule has 0 radical (unpaired) electrons. The average molecular weight is 251 g/mol. The molecule has 2 rings (SSSR count). The predicted molar refractivity (Wildman–Crippen MR) is 70.3 cm³/mol. The zero-order valence-electron chi connectivity index (χ0n) is 10.1. The Morgan fingerprint density at radius 1 is 1.59 bits per heavy atom. The zero-order chi connectivity index (χ0) is 12.3. The van der Waals surface area contributed by atoms with Gasteiger partial charge in [0.2, 0.25) is 0 Å². The second-order valence-corrected chi connectivity index (χ2v) is 5.10. The van der Waals surface area contributed by atoms with Crippen LogP contribution in [0.4, 0.5) is 6.01 Å². The topological polar surface area (TPSA) is 55.3 Å². The van der Waals surface area contributed by atoms with Gasteiger partial charge in [-0.15, -0.1) is 11.3 Å². The fourth-order valence-electron chi connectivity index (χ4n) is 1.60. The largest absolute Gasteiger partial charge is 0.432 e. The molecule has 2 heterocycles. The third-order valence-corrected chi connectivity index (χ3v) is 3.69. The maximum Gasteiger partial charge on any atom is 0.297 e. The summed E-state index contributed by atoms with van der Waals surface area (Å²) in [6.45, 7) is 2.57. The minimum Gasteiger partial charge on any atom is -0.432 e. The van der Waals surface area contributed by atoms with Crippen LogP contribution in [0.5, 0.6) is 0 Å². The van der Waals surface area contributed by atoms with E-state index >= 15 is 0 Å². The Morgan fingerprint density at radius 3 is 3.00 bits per heavy atom. The fourth-order valence-corrected chi connectivity index (χ4v) is 2.42. The second kappa shape index (κ2) is 5.33. The van der Waals surface area contributed by atoms with Crippen LogP contribution in [0.2, 0.25) is 0 Å². The van der Waals surface area contributed by atoms with E-state index in [1.54, 1.807) is 17.6 Å². The minimum atomic E-state index is 0.345. The van der Waals surface area contributed by atoms with E-state index in [1.165, 1.54) is 4.88 Å². The van der Waals surface area contributed by atoms with Crippen LogP contribution >= 0.6 is 11.3 Å². The summed E-state index contributed by atoms with van der Waals surface area (Å²) in [5, 5.41) is 2.10. The predicted octanol–water partition coefficient (Wildman–Crippen LogP) is 2.26. The highest BCUT2D eigenvalue weighted by Crippen LogP contribution is 2.18. The molecule has 17 heavy (non-hydrogen) atoms. The molecule has 0 bridgehead atoms. The average Bonchev–Trinajstić information content (AvgIpc) is 2.98.